The van der Waals surface area contributed by atoms with Crippen LogP contribution in [0.25, 0.3) is 0 Å². The molecule has 0 aliphatic carbocycles. The van der Waals surface area contributed by atoms with E-state index < -0.39 is 22.7 Å². The van der Waals surface area contributed by atoms with Crippen molar-refractivity contribution in [2.24, 2.45) is 0 Å². The fourth-order valence-electron chi connectivity index (χ4n) is 3.14. The van der Waals surface area contributed by atoms with Crippen LogP contribution in [0, 0.1) is 20.8 Å². The molecule has 0 aliphatic rings. The highest BCUT2D eigenvalue weighted by Crippen LogP contribution is 2.27. The summed E-state index contributed by atoms with van der Waals surface area (Å²) in [6, 6.07) is 3.15. The predicted octanol–water partition coefficient (Wildman–Crippen LogP) is 3.29. The van der Waals surface area contributed by atoms with Gasteiger partial charge in [-0.15, -0.1) is 0 Å². The van der Waals surface area contributed by atoms with E-state index in [9.17, 15) is 21.6 Å². The van der Waals surface area contributed by atoms with Crippen molar-refractivity contribution in [3.63, 3.8) is 0 Å². The Morgan fingerprint density at radius 3 is 1.72 bits per heavy atom. The number of alkyl halides is 3. The van der Waals surface area contributed by atoms with E-state index in [2.05, 4.69) is 0 Å². The summed E-state index contributed by atoms with van der Waals surface area (Å²) in [5, 5.41) is 0. The second kappa shape index (κ2) is 7.67. The maximum atomic E-state index is 12.9. The topological polar surface area (TPSA) is 46.6 Å². The van der Waals surface area contributed by atoms with Crippen LogP contribution in [-0.4, -0.2) is 37.9 Å². The average molecular weight is 379 g/mol. The molecule has 0 aliphatic heterocycles. The van der Waals surface area contributed by atoms with Crippen molar-refractivity contribution in [3.05, 3.63) is 28.8 Å². The molecule has 1 aromatic carbocycles. The molecule has 0 unspecified atom stereocenters. The van der Waals surface area contributed by atoms with Gasteiger partial charge in [-0.25, -0.2) is 0 Å². The van der Waals surface area contributed by atoms with E-state index in [4.69, 9.17) is 4.10 Å². The normalized spacial score (nSPS) is 13.2. The summed E-state index contributed by atoms with van der Waals surface area (Å²) in [4.78, 5) is 1.62. The summed E-state index contributed by atoms with van der Waals surface area (Å²) in [6.07, 6.45) is 0. The summed E-state index contributed by atoms with van der Waals surface area (Å²) in [5.74, 6) is 0. The monoisotopic (exact) mass is 379 g/mol. The number of rotatable bonds is 6. The van der Waals surface area contributed by atoms with Crippen molar-refractivity contribution < 1.29 is 25.7 Å². The van der Waals surface area contributed by atoms with Gasteiger partial charge in [0.15, 0.2) is 0 Å². The summed E-state index contributed by atoms with van der Waals surface area (Å²) >= 11 is 0. The van der Waals surface area contributed by atoms with E-state index in [0.29, 0.717) is 16.6 Å². The molecule has 0 aromatic heterocycles. The molecule has 0 heterocycles. The van der Waals surface area contributed by atoms with E-state index in [0.717, 1.165) is 5.56 Å². The Hall–Kier alpha value is -1.06. The number of hydrogen-bond acceptors (Lipinski definition) is 4. The van der Waals surface area contributed by atoms with Gasteiger partial charge in [0.05, 0.1) is 0 Å². The van der Waals surface area contributed by atoms with Crippen LogP contribution in [0.1, 0.15) is 44.4 Å². The van der Waals surface area contributed by atoms with Gasteiger partial charge in [-0.2, -0.15) is 21.6 Å². The minimum Gasteiger partial charge on any atom is -0.308 e. The van der Waals surface area contributed by atoms with Crippen LogP contribution >= 0.6 is 0 Å². The van der Waals surface area contributed by atoms with Gasteiger partial charge in [-0.3, -0.25) is 0 Å². The molecular formula is C16H25BF3NO3S. The smallest absolute Gasteiger partial charge is 0.308 e. The van der Waals surface area contributed by atoms with Gasteiger partial charge in [0.1, 0.15) is 0 Å². The molecule has 1 rings (SSSR count). The molecule has 1 aromatic rings. The lowest BCUT2D eigenvalue weighted by atomic mass is 9.65. The van der Waals surface area contributed by atoms with Gasteiger partial charge >= 0.3 is 22.7 Å². The highest BCUT2D eigenvalue weighted by Gasteiger charge is 2.51. The first-order chi connectivity index (χ1) is 11.2. The van der Waals surface area contributed by atoms with Crippen molar-refractivity contribution >= 4 is 22.6 Å². The molecule has 0 amide bonds. The molecule has 0 atom stereocenters. The Kier molecular flexibility index (Phi) is 6.75. The molecule has 0 bridgehead atoms. The minimum absolute atomic E-state index is 0.228. The van der Waals surface area contributed by atoms with Crippen LogP contribution in [0.2, 0.25) is 0 Å². The summed E-state index contributed by atoms with van der Waals surface area (Å²) < 4.78 is 66.9. The lowest BCUT2D eigenvalue weighted by Gasteiger charge is -2.36. The first-order valence-electron chi connectivity index (χ1n) is 8.03. The molecule has 142 valence electrons. The SMILES string of the molecule is Cc1cc(C)c(B(OS(=O)(=O)C(F)(F)F)N(C(C)C)C(C)C)c(C)c1. The number of aryl methyl sites for hydroxylation is 3. The fraction of sp³-hybridized carbons (Fsp3) is 0.625. The molecule has 0 N–H and O–H groups in total. The third-order valence-corrected chi connectivity index (χ3v) is 4.95. The van der Waals surface area contributed by atoms with E-state index >= 15 is 0 Å². The second-order valence-electron chi connectivity index (χ2n) is 6.80. The van der Waals surface area contributed by atoms with Gasteiger partial charge in [0.25, 0.3) is 0 Å². The molecule has 0 saturated heterocycles. The van der Waals surface area contributed by atoms with Crippen molar-refractivity contribution in [3.8, 4) is 0 Å². The molecule has 0 saturated carbocycles. The fourth-order valence-corrected chi connectivity index (χ4v) is 3.68. The molecule has 25 heavy (non-hydrogen) atoms. The Bertz CT molecular complexity index is 687. The van der Waals surface area contributed by atoms with Crippen LogP contribution < -0.4 is 5.46 Å². The van der Waals surface area contributed by atoms with E-state index in [-0.39, 0.29) is 12.1 Å². The summed E-state index contributed by atoms with van der Waals surface area (Å²) in [6.45, 7) is 12.5. The lowest BCUT2D eigenvalue weighted by Crippen LogP contribution is -2.59. The van der Waals surface area contributed by atoms with Gasteiger partial charge in [-0.05, 0) is 38.3 Å². The van der Waals surface area contributed by atoms with Gasteiger partial charge in [0.2, 0.25) is 0 Å². The number of halogens is 3. The van der Waals surface area contributed by atoms with Crippen molar-refractivity contribution in [1.82, 2.24) is 4.81 Å². The molecule has 9 heteroatoms. The maximum Gasteiger partial charge on any atom is 0.521 e. The van der Waals surface area contributed by atoms with Crippen LogP contribution in [-0.2, 0) is 14.2 Å². The molecule has 0 radical (unpaired) electrons. The highest BCUT2D eigenvalue weighted by atomic mass is 32.2. The maximum absolute atomic E-state index is 12.9. The van der Waals surface area contributed by atoms with Crippen LogP contribution in [0.3, 0.4) is 0 Å². The third-order valence-electron chi connectivity index (χ3n) is 3.95. The Balaban J connectivity index is 3.60. The standard InChI is InChI=1S/C16H25BF3NO3S/c1-10(2)21(11(3)4)17(24-25(22,23)16(18,19)20)15-13(6)8-12(5)9-14(15)7/h8-11H,1-7H3. The number of benzene rings is 1. The van der Waals surface area contributed by atoms with E-state index in [1.807, 2.05) is 6.92 Å². The van der Waals surface area contributed by atoms with Crippen molar-refractivity contribution in [1.29, 1.82) is 0 Å². The number of hydrogen-bond donors (Lipinski definition) is 0. The van der Waals surface area contributed by atoms with Gasteiger partial charge in [-0.1, -0.05) is 56.5 Å². The van der Waals surface area contributed by atoms with Gasteiger partial charge in [0, 0.05) is 0 Å². The van der Waals surface area contributed by atoms with Crippen LogP contribution in [0.4, 0.5) is 13.2 Å². The summed E-state index contributed by atoms with van der Waals surface area (Å²) in [5.41, 5.74) is -2.72. The first-order valence-corrected chi connectivity index (χ1v) is 9.44. The molecule has 4 nitrogen and oxygen atoms in total. The van der Waals surface area contributed by atoms with Gasteiger partial charge < -0.3 is 8.91 Å². The third kappa shape index (κ3) is 4.98. The average Bonchev–Trinajstić information content (AvgIpc) is 2.33. The Morgan fingerprint density at radius 2 is 1.40 bits per heavy atom. The molecular weight excluding hydrogens is 354 g/mol. The minimum atomic E-state index is -5.74. The Morgan fingerprint density at radius 1 is 1.00 bits per heavy atom. The van der Waals surface area contributed by atoms with Crippen molar-refractivity contribution in [2.75, 3.05) is 0 Å². The summed E-state index contributed by atoms with van der Waals surface area (Å²) in [7, 11) is -7.10. The lowest BCUT2D eigenvalue weighted by molar-refractivity contribution is -0.0505. The second-order valence-corrected chi connectivity index (χ2v) is 8.36. The zero-order valence-corrected chi connectivity index (χ0v) is 16.4. The van der Waals surface area contributed by atoms with Crippen LogP contribution in [0.5, 0.6) is 0 Å². The number of nitrogens with zero attached hydrogens (tertiary/aromatic N) is 1. The molecule has 0 fully saturated rings. The highest BCUT2D eigenvalue weighted by molar-refractivity contribution is 7.88. The Labute approximate surface area is 148 Å². The van der Waals surface area contributed by atoms with E-state index in [1.165, 1.54) is 0 Å². The van der Waals surface area contributed by atoms with Crippen LogP contribution in [0.15, 0.2) is 12.1 Å². The zero-order valence-electron chi connectivity index (χ0n) is 15.6. The quantitative estimate of drug-likeness (QED) is 0.562. The molecule has 0 spiro atoms. The van der Waals surface area contributed by atoms with E-state index in [1.54, 1.807) is 58.5 Å². The predicted molar refractivity (Wildman–Crippen MR) is 94.2 cm³/mol. The first kappa shape index (κ1) is 22.0. The largest absolute Gasteiger partial charge is 0.521 e. The zero-order chi connectivity index (χ0) is 19.7. The van der Waals surface area contributed by atoms with Crippen molar-refractivity contribution in [2.45, 2.75) is 66.1 Å².